The summed E-state index contributed by atoms with van der Waals surface area (Å²) in [6.45, 7) is 0. The molecule has 84 valence electrons. The molecule has 2 nitrogen and oxygen atoms in total. The second-order valence-electron chi connectivity index (χ2n) is 3.82. The summed E-state index contributed by atoms with van der Waals surface area (Å²) in [5.41, 5.74) is 3.92. The maximum atomic E-state index is 5.76. The predicted octanol–water partition coefficient (Wildman–Crippen LogP) is 4.39. The molecule has 0 aliphatic rings. The molecule has 1 aromatic heterocycles. The molecule has 0 aliphatic carbocycles. The van der Waals surface area contributed by atoms with Crippen LogP contribution in [0.25, 0.3) is 22.6 Å². The molecule has 0 radical (unpaired) electrons. The molecule has 0 fully saturated rings. The first-order valence-corrected chi connectivity index (χ1v) is 6.50. The molecule has 2 aromatic carbocycles. The highest BCUT2D eigenvalue weighted by Crippen LogP contribution is 2.25. The van der Waals surface area contributed by atoms with Gasteiger partial charge in [-0.1, -0.05) is 40.2 Å². The van der Waals surface area contributed by atoms with Gasteiger partial charge in [0.05, 0.1) is 0 Å². The summed E-state index contributed by atoms with van der Waals surface area (Å²) >= 11 is 3.43. The Kier molecular flexibility index (Phi) is 2.69. The second kappa shape index (κ2) is 4.34. The quantitative estimate of drug-likeness (QED) is 0.654. The van der Waals surface area contributed by atoms with Crippen LogP contribution in [0.15, 0.2) is 52.9 Å². The third-order valence-electron chi connectivity index (χ3n) is 2.63. The average Bonchev–Trinajstić information content (AvgIpc) is 2.82. The van der Waals surface area contributed by atoms with Gasteiger partial charge < -0.3 is 4.42 Å². The van der Waals surface area contributed by atoms with Gasteiger partial charge in [0.2, 0.25) is 5.89 Å². The molecule has 1 heterocycles. The third-order valence-corrected chi connectivity index (χ3v) is 3.28. The monoisotopic (exact) mass is 287 g/mol. The fourth-order valence-corrected chi connectivity index (χ4v) is 2.11. The molecular formula is C14H10BrNO. The van der Waals surface area contributed by atoms with E-state index in [1.54, 1.807) is 0 Å². The number of rotatable bonds is 2. The Morgan fingerprint density at radius 3 is 2.65 bits per heavy atom. The zero-order chi connectivity index (χ0) is 11.7. The van der Waals surface area contributed by atoms with E-state index < -0.39 is 0 Å². The SMILES string of the molecule is BrCc1ccc2nc(-c3ccccc3)oc2c1. The van der Waals surface area contributed by atoms with Crippen LogP contribution >= 0.6 is 15.9 Å². The normalized spacial score (nSPS) is 10.9. The molecular weight excluding hydrogens is 278 g/mol. The number of alkyl halides is 1. The summed E-state index contributed by atoms with van der Waals surface area (Å²) in [5.74, 6) is 0.673. The fraction of sp³-hybridized carbons (Fsp3) is 0.0714. The van der Waals surface area contributed by atoms with Crippen LogP contribution in [0.2, 0.25) is 0 Å². The first-order chi connectivity index (χ1) is 8.36. The zero-order valence-corrected chi connectivity index (χ0v) is 10.6. The number of halogens is 1. The van der Waals surface area contributed by atoms with E-state index in [2.05, 4.69) is 20.9 Å². The molecule has 0 aliphatic heterocycles. The molecule has 0 bridgehead atoms. The van der Waals surface area contributed by atoms with E-state index in [1.807, 2.05) is 48.5 Å². The molecule has 3 rings (SSSR count). The summed E-state index contributed by atoms with van der Waals surface area (Å²) in [5, 5.41) is 0.824. The zero-order valence-electron chi connectivity index (χ0n) is 9.06. The molecule has 17 heavy (non-hydrogen) atoms. The topological polar surface area (TPSA) is 26.0 Å². The van der Waals surface area contributed by atoms with Crippen LogP contribution in [-0.2, 0) is 5.33 Å². The lowest BCUT2D eigenvalue weighted by Crippen LogP contribution is -1.76. The molecule has 3 heteroatoms. The number of oxazole rings is 1. The number of benzene rings is 2. The molecule has 0 atom stereocenters. The Hall–Kier alpha value is -1.61. The molecule has 0 saturated carbocycles. The van der Waals surface area contributed by atoms with Gasteiger partial charge in [0.1, 0.15) is 5.52 Å². The van der Waals surface area contributed by atoms with Gasteiger partial charge in [0, 0.05) is 10.9 Å². The Bertz CT molecular complexity index is 646. The number of aromatic nitrogens is 1. The van der Waals surface area contributed by atoms with Crippen LogP contribution in [-0.4, -0.2) is 4.98 Å². The van der Waals surface area contributed by atoms with E-state index >= 15 is 0 Å². The molecule has 0 spiro atoms. The number of fused-ring (bicyclic) bond motifs is 1. The second-order valence-corrected chi connectivity index (χ2v) is 4.38. The average molecular weight is 288 g/mol. The van der Waals surface area contributed by atoms with Crippen molar-refractivity contribution in [2.75, 3.05) is 0 Å². The summed E-state index contributed by atoms with van der Waals surface area (Å²) < 4.78 is 5.76. The van der Waals surface area contributed by atoms with Crippen molar-refractivity contribution in [3.05, 3.63) is 54.1 Å². The van der Waals surface area contributed by atoms with Crippen molar-refractivity contribution in [2.24, 2.45) is 0 Å². The standard InChI is InChI=1S/C14H10BrNO/c15-9-10-6-7-12-13(8-10)17-14(16-12)11-4-2-1-3-5-11/h1-8H,9H2. The summed E-state index contributed by atoms with van der Waals surface area (Å²) in [7, 11) is 0. The Labute approximate surface area is 107 Å². The van der Waals surface area contributed by atoms with Crippen molar-refractivity contribution in [3.63, 3.8) is 0 Å². The smallest absolute Gasteiger partial charge is 0.227 e. The minimum atomic E-state index is 0.673. The van der Waals surface area contributed by atoms with E-state index in [9.17, 15) is 0 Å². The molecule has 3 aromatic rings. The van der Waals surface area contributed by atoms with Crippen molar-refractivity contribution in [1.29, 1.82) is 0 Å². The summed E-state index contributed by atoms with van der Waals surface area (Å²) in [6, 6.07) is 16.0. The molecule has 0 saturated heterocycles. The van der Waals surface area contributed by atoms with Crippen LogP contribution in [0.4, 0.5) is 0 Å². The van der Waals surface area contributed by atoms with E-state index in [1.165, 1.54) is 5.56 Å². The lowest BCUT2D eigenvalue weighted by molar-refractivity contribution is 0.619. The van der Waals surface area contributed by atoms with Gasteiger partial charge in [-0.05, 0) is 29.8 Å². The van der Waals surface area contributed by atoms with Crippen molar-refractivity contribution >= 4 is 27.0 Å². The minimum absolute atomic E-state index is 0.673. The van der Waals surface area contributed by atoms with Crippen LogP contribution in [0, 0.1) is 0 Å². The lowest BCUT2D eigenvalue weighted by Gasteiger charge is -1.92. The van der Waals surface area contributed by atoms with Crippen LogP contribution in [0.3, 0.4) is 0 Å². The number of hydrogen-bond donors (Lipinski definition) is 0. The number of hydrogen-bond acceptors (Lipinski definition) is 2. The van der Waals surface area contributed by atoms with Crippen molar-refractivity contribution in [3.8, 4) is 11.5 Å². The van der Waals surface area contributed by atoms with Gasteiger partial charge >= 0.3 is 0 Å². The largest absolute Gasteiger partial charge is 0.436 e. The lowest BCUT2D eigenvalue weighted by atomic mass is 10.2. The van der Waals surface area contributed by atoms with E-state index in [-0.39, 0.29) is 0 Å². The highest BCUT2D eigenvalue weighted by atomic mass is 79.9. The first-order valence-electron chi connectivity index (χ1n) is 5.37. The van der Waals surface area contributed by atoms with Crippen molar-refractivity contribution < 1.29 is 4.42 Å². The maximum absolute atomic E-state index is 5.76. The van der Waals surface area contributed by atoms with E-state index in [0.29, 0.717) is 5.89 Å². The molecule has 0 unspecified atom stereocenters. The summed E-state index contributed by atoms with van der Waals surface area (Å²) in [4.78, 5) is 4.48. The van der Waals surface area contributed by atoms with Gasteiger partial charge in [-0.15, -0.1) is 0 Å². The van der Waals surface area contributed by atoms with E-state index in [0.717, 1.165) is 22.0 Å². The van der Waals surface area contributed by atoms with Gasteiger partial charge in [0.15, 0.2) is 5.58 Å². The Balaban J connectivity index is 2.14. The number of nitrogens with zero attached hydrogens (tertiary/aromatic N) is 1. The van der Waals surface area contributed by atoms with E-state index in [4.69, 9.17) is 4.42 Å². The van der Waals surface area contributed by atoms with Gasteiger partial charge in [0.25, 0.3) is 0 Å². The molecule has 0 amide bonds. The molecule has 0 N–H and O–H groups in total. The summed E-state index contributed by atoms with van der Waals surface area (Å²) in [6.07, 6.45) is 0. The highest BCUT2D eigenvalue weighted by Gasteiger charge is 2.07. The van der Waals surface area contributed by atoms with Crippen molar-refractivity contribution in [2.45, 2.75) is 5.33 Å². The maximum Gasteiger partial charge on any atom is 0.227 e. The first kappa shape index (κ1) is 10.5. The fourth-order valence-electron chi connectivity index (χ4n) is 1.76. The highest BCUT2D eigenvalue weighted by molar-refractivity contribution is 9.08. The Morgan fingerprint density at radius 2 is 1.88 bits per heavy atom. The predicted molar refractivity (Wildman–Crippen MR) is 72.1 cm³/mol. The van der Waals surface area contributed by atoms with Crippen LogP contribution in [0.1, 0.15) is 5.56 Å². The van der Waals surface area contributed by atoms with Gasteiger partial charge in [-0.3, -0.25) is 0 Å². The van der Waals surface area contributed by atoms with Crippen LogP contribution in [0.5, 0.6) is 0 Å². The minimum Gasteiger partial charge on any atom is -0.436 e. The van der Waals surface area contributed by atoms with Crippen molar-refractivity contribution in [1.82, 2.24) is 4.98 Å². The Morgan fingerprint density at radius 1 is 1.06 bits per heavy atom. The van der Waals surface area contributed by atoms with Gasteiger partial charge in [-0.2, -0.15) is 0 Å². The van der Waals surface area contributed by atoms with Crippen LogP contribution < -0.4 is 0 Å². The third kappa shape index (κ3) is 1.98. The van der Waals surface area contributed by atoms with Gasteiger partial charge in [-0.25, -0.2) is 4.98 Å².